The number of aromatic nitrogens is 3. The summed E-state index contributed by atoms with van der Waals surface area (Å²) in [6.45, 7) is 6.64. The van der Waals surface area contributed by atoms with E-state index >= 15 is 0 Å². The first-order chi connectivity index (χ1) is 13.4. The molecule has 1 heterocycles. The molecule has 0 radical (unpaired) electrons. The fourth-order valence-corrected chi connectivity index (χ4v) is 4.25. The molecular weight excluding hydrogens is 372 g/mol. The third kappa shape index (κ3) is 5.28. The number of hydrogen-bond donors (Lipinski definition) is 1. The molecule has 2 aromatic rings. The van der Waals surface area contributed by atoms with E-state index in [1.807, 2.05) is 31.5 Å². The number of nitrogens with zero attached hydrogens (tertiary/aromatic N) is 3. The molecule has 0 saturated heterocycles. The zero-order chi connectivity index (χ0) is 20.1. The molecule has 1 fully saturated rings. The Kier molecular flexibility index (Phi) is 6.99. The summed E-state index contributed by atoms with van der Waals surface area (Å²) >= 11 is 1.41. The Labute approximate surface area is 171 Å². The quantitative estimate of drug-likeness (QED) is 0.714. The second-order valence-corrected chi connectivity index (χ2v) is 8.68. The largest absolute Gasteiger partial charge is 0.485 e. The van der Waals surface area contributed by atoms with Gasteiger partial charge in [0.05, 0.1) is 5.75 Å². The van der Waals surface area contributed by atoms with Gasteiger partial charge in [-0.15, -0.1) is 10.2 Å². The van der Waals surface area contributed by atoms with E-state index in [1.165, 1.54) is 31.0 Å². The molecule has 0 aliphatic heterocycles. The Morgan fingerprint density at radius 3 is 2.86 bits per heavy atom. The summed E-state index contributed by atoms with van der Waals surface area (Å²) in [5.74, 6) is 2.58. The molecule has 2 atom stereocenters. The highest BCUT2D eigenvalue weighted by Crippen LogP contribution is 2.24. The highest BCUT2D eigenvalue weighted by atomic mass is 32.2. The summed E-state index contributed by atoms with van der Waals surface area (Å²) in [7, 11) is 1.91. The minimum atomic E-state index is 0.0694. The average molecular weight is 403 g/mol. The number of nitrogens with one attached hydrogen (secondary N) is 1. The first kappa shape index (κ1) is 20.7. The van der Waals surface area contributed by atoms with Crippen molar-refractivity contribution in [3.05, 3.63) is 35.2 Å². The van der Waals surface area contributed by atoms with Crippen molar-refractivity contribution in [1.82, 2.24) is 20.1 Å². The van der Waals surface area contributed by atoms with Crippen molar-refractivity contribution in [2.45, 2.75) is 64.3 Å². The fraction of sp³-hybridized carbons (Fsp3) is 0.571. The lowest BCUT2D eigenvalue weighted by atomic mass is 9.86. The highest BCUT2D eigenvalue weighted by Gasteiger charge is 2.23. The number of ether oxygens (including phenoxy) is 1. The van der Waals surface area contributed by atoms with E-state index in [-0.39, 0.29) is 5.91 Å². The number of carbonyl (C=O) groups is 1. The Morgan fingerprint density at radius 1 is 1.29 bits per heavy atom. The van der Waals surface area contributed by atoms with Crippen LogP contribution in [0.15, 0.2) is 23.4 Å². The van der Waals surface area contributed by atoms with Gasteiger partial charge in [0.15, 0.2) is 11.0 Å². The van der Waals surface area contributed by atoms with Crippen molar-refractivity contribution in [2.24, 2.45) is 13.0 Å². The Morgan fingerprint density at radius 2 is 2.07 bits per heavy atom. The number of amides is 1. The fourth-order valence-electron chi connectivity index (χ4n) is 3.51. The molecule has 1 aromatic heterocycles. The predicted octanol–water partition coefficient (Wildman–Crippen LogP) is 3.80. The molecule has 28 heavy (non-hydrogen) atoms. The smallest absolute Gasteiger partial charge is 0.230 e. The van der Waals surface area contributed by atoms with Gasteiger partial charge in [0.1, 0.15) is 12.4 Å². The van der Waals surface area contributed by atoms with Crippen molar-refractivity contribution in [3.63, 3.8) is 0 Å². The van der Waals surface area contributed by atoms with Gasteiger partial charge in [-0.25, -0.2) is 0 Å². The summed E-state index contributed by atoms with van der Waals surface area (Å²) in [6, 6.07) is 6.45. The SMILES string of the molecule is Cc1ccc(C)c(OCc2nnc(SCC(=O)N[C@H]3CCCC[C@H]3C)n2C)c1. The minimum absolute atomic E-state index is 0.0694. The van der Waals surface area contributed by atoms with Crippen LogP contribution in [0, 0.1) is 19.8 Å². The number of carbonyl (C=O) groups excluding carboxylic acids is 1. The first-order valence-corrected chi connectivity index (χ1v) is 10.9. The molecule has 1 saturated carbocycles. The van der Waals surface area contributed by atoms with Crippen LogP contribution >= 0.6 is 11.8 Å². The predicted molar refractivity (Wildman–Crippen MR) is 112 cm³/mol. The number of aryl methyl sites for hydroxylation is 2. The number of thioether (sulfide) groups is 1. The van der Waals surface area contributed by atoms with Crippen LogP contribution in [0.2, 0.25) is 0 Å². The van der Waals surface area contributed by atoms with Gasteiger partial charge in [-0.3, -0.25) is 4.79 Å². The lowest BCUT2D eigenvalue weighted by Crippen LogP contribution is -2.41. The maximum Gasteiger partial charge on any atom is 0.230 e. The third-order valence-electron chi connectivity index (χ3n) is 5.42. The van der Waals surface area contributed by atoms with Gasteiger partial charge in [-0.2, -0.15) is 0 Å². The standard InChI is InChI=1S/C21H30N4O2S/c1-14-9-10-16(3)18(11-14)27-12-19-23-24-21(25(19)4)28-13-20(26)22-17-8-6-5-7-15(17)2/h9-11,15,17H,5-8,12-13H2,1-4H3,(H,22,26)/t15-,17+/m1/s1. The maximum absolute atomic E-state index is 12.3. The van der Waals surface area contributed by atoms with Crippen LogP contribution in [-0.4, -0.2) is 32.5 Å². The van der Waals surface area contributed by atoms with E-state index in [4.69, 9.17) is 4.74 Å². The van der Waals surface area contributed by atoms with Crippen LogP contribution in [0.5, 0.6) is 5.75 Å². The molecular formula is C21H30N4O2S. The molecule has 1 aliphatic rings. The van der Waals surface area contributed by atoms with Crippen molar-refractivity contribution in [2.75, 3.05) is 5.75 Å². The van der Waals surface area contributed by atoms with Gasteiger partial charge in [0, 0.05) is 13.1 Å². The van der Waals surface area contributed by atoms with Crippen molar-refractivity contribution in [3.8, 4) is 5.75 Å². The molecule has 152 valence electrons. The van der Waals surface area contributed by atoms with Crippen LogP contribution in [0.25, 0.3) is 0 Å². The normalized spacial score (nSPS) is 19.4. The molecule has 1 aromatic carbocycles. The zero-order valence-electron chi connectivity index (χ0n) is 17.2. The molecule has 7 heteroatoms. The number of hydrogen-bond acceptors (Lipinski definition) is 5. The van der Waals surface area contributed by atoms with E-state index < -0.39 is 0 Å². The van der Waals surface area contributed by atoms with Crippen LogP contribution in [0.1, 0.15) is 49.6 Å². The van der Waals surface area contributed by atoms with Crippen LogP contribution in [-0.2, 0) is 18.4 Å². The molecule has 1 aliphatic carbocycles. The Balaban J connectivity index is 1.51. The van der Waals surface area contributed by atoms with Crippen LogP contribution < -0.4 is 10.1 Å². The molecule has 3 rings (SSSR count). The van der Waals surface area contributed by atoms with Gasteiger partial charge < -0.3 is 14.6 Å². The van der Waals surface area contributed by atoms with Crippen molar-refractivity contribution in [1.29, 1.82) is 0 Å². The molecule has 0 bridgehead atoms. The number of benzene rings is 1. The van der Waals surface area contributed by atoms with E-state index in [2.05, 4.69) is 34.6 Å². The molecule has 1 N–H and O–H groups in total. The second-order valence-electron chi connectivity index (χ2n) is 7.74. The molecule has 0 unspecified atom stereocenters. The van der Waals surface area contributed by atoms with E-state index in [9.17, 15) is 4.79 Å². The lowest BCUT2D eigenvalue weighted by Gasteiger charge is -2.29. The monoisotopic (exact) mass is 402 g/mol. The van der Waals surface area contributed by atoms with Crippen LogP contribution in [0.4, 0.5) is 0 Å². The summed E-state index contributed by atoms with van der Waals surface area (Å²) in [5, 5.41) is 12.4. The molecule has 1 amide bonds. The summed E-state index contributed by atoms with van der Waals surface area (Å²) < 4.78 is 7.82. The second kappa shape index (κ2) is 9.45. The zero-order valence-corrected chi connectivity index (χ0v) is 18.0. The van der Waals surface area contributed by atoms with Crippen molar-refractivity contribution < 1.29 is 9.53 Å². The van der Waals surface area contributed by atoms with Gasteiger partial charge in [0.25, 0.3) is 0 Å². The topological polar surface area (TPSA) is 69.0 Å². The van der Waals surface area contributed by atoms with E-state index in [1.54, 1.807) is 0 Å². The number of rotatable bonds is 7. The summed E-state index contributed by atoms with van der Waals surface area (Å²) in [5.41, 5.74) is 2.25. The van der Waals surface area contributed by atoms with Gasteiger partial charge in [-0.05, 0) is 49.8 Å². The maximum atomic E-state index is 12.3. The summed E-state index contributed by atoms with van der Waals surface area (Å²) in [4.78, 5) is 12.3. The Hall–Kier alpha value is -2.02. The minimum Gasteiger partial charge on any atom is -0.485 e. The van der Waals surface area contributed by atoms with Gasteiger partial charge >= 0.3 is 0 Å². The molecule has 6 nitrogen and oxygen atoms in total. The van der Waals surface area contributed by atoms with Gasteiger partial charge in [0.2, 0.25) is 5.91 Å². The summed E-state index contributed by atoms with van der Waals surface area (Å²) in [6.07, 6.45) is 4.76. The third-order valence-corrected chi connectivity index (χ3v) is 6.44. The average Bonchev–Trinajstić information content (AvgIpc) is 3.02. The van der Waals surface area contributed by atoms with Crippen molar-refractivity contribution >= 4 is 17.7 Å². The van der Waals surface area contributed by atoms with E-state index in [0.717, 1.165) is 34.3 Å². The lowest BCUT2D eigenvalue weighted by molar-refractivity contribution is -0.119. The highest BCUT2D eigenvalue weighted by molar-refractivity contribution is 7.99. The Bertz CT molecular complexity index is 821. The first-order valence-electron chi connectivity index (χ1n) is 9.94. The van der Waals surface area contributed by atoms with Gasteiger partial charge in [-0.1, -0.05) is 43.7 Å². The van der Waals surface area contributed by atoms with E-state index in [0.29, 0.717) is 24.3 Å². The van der Waals surface area contributed by atoms with Crippen LogP contribution in [0.3, 0.4) is 0 Å². The molecule has 0 spiro atoms.